The molecule has 20 heavy (non-hydrogen) atoms. The molecule has 0 radical (unpaired) electrons. The van der Waals surface area contributed by atoms with Gasteiger partial charge in [-0.25, -0.2) is 4.79 Å². The first-order valence-electron chi connectivity index (χ1n) is 6.74. The Hall–Kier alpha value is -1.26. The Morgan fingerprint density at radius 2 is 2.10 bits per heavy atom. The lowest BCUT2D eigenvalue weighted by Crippen LogP contribution is -2.45. The average Bonchev–Trinajstić information content (AvgIpc) is 3.02. The fraction of sp³-hybridized carbons (Fsp3) is 0.533. The van der Waals surface area contributed by atoms with Gasteiger partial charge in [0, 0.05) is 22.8 Å². The Balaban J connectivity index is 2.22. The van der Waals surface area contributed by atoms with Crippen LogP contribution in [0.1, 0.15) is 33.6 Å². The van der Waals surface area contributed by atoms with Crippen LogP contribution in [0.5, 0.6) is 0 Å². The van der Waals surface area contributed by atoms with Crippen LogP contribution >= 0.6 is 11.6 Å². The molecule has 2 rings (SSSR count). The van der Waals surface area contributed by atoms with Crippen molar-refractivity contribution in [1.29, 1.82) is 0 Å². The molecule has 1 aromatic carbocycles. The van der Waals surface area contributed by atoms with Gasteiger partial charge in [-0.05, 0) is 51.8 Å². The fourth-order valence-electron chi connectivity index (χ4n) is 1.86. The monoisotopic (exact) mass is 296 g/mol. The van der Waals surface area contributed by atoms with E-state index in [4.69, 9.17) is 22.1 Å². The summed E-state index contributed by atoms with van der Waals surface area (Å²) in [5.41, 5.74) is 6.02. The number of hydrogen-bond donors (Lipinski definition) is 1. The van der Waals surface area contributed by atoms with Crippen LogP contribution in [0.3, 0.4) is 0 Å². The summed E-state index contributed by atoms with van der Waals surface area (Å²) in [6, 6.07) is 7.16. The summed E-state index contributed by atoms with van der Waals surface area (Å²) in [7, 11) is 0. The molecule has 1 aliphatic carbocycles. The Kier molecular flexibility index (Phi) is 3.98. The van der Waals surface area contributed by atoms with E-state index >= 15 is 0 Å². The van der Waals surface area contributed by atoms with Crippen molar-refractivity contribution >= 4 is 23.4 Å². The van der Waals surface area contributed by atoms with Crippen LogP contribution in [0.2, 0.25) is 5.02 Å². The quantitative estimate of drug-likeness (QED) is 0.927. The minimum absolute atomic E-state index is 0.292. The molecule has 1 aliphatic rings. The SMILES string of the molecule is CC(C)(C)OC(=O)N(CC1(N)CC1)c1cccc(Cl)c1. The van der Waals surface area contributed by atoms with Gasteiger partial charge in [0.1, 0.15) is 5.60 Å². The van der Waals surface area contributed by atoms with Crippen LogP contribution in [0.4, 0.5) is 10.5 Å². The number of anilines is 1. The van der Waals surface area contributed by atoms with Crippen LogP contribution < -0.4 is 10.6 Å². The first-order chi connectivity index (χ1) is 9.19. The highest BCUT2D eigenvalue weighted by Crippen LogP contribution is 2.35. The van der Waals surface area contributed by atoms with Gasteiger partial charge in [0.15, 0.2) is 0 Å². The maximum atomic E-state index is 12.4. The highest BCUT2D eigenvalue weighted by Gasteiger charge is 2.42. The zero-order valence-electron chi connectivity index (χ0n) is 12.1. The number of nitrogens with two attached hydrogens (primary N) is 1. The van der Waals surface area contributed by atoms with Crippen LogP contribution in [0.15, 0.2) is 24.3 Å². The Bertz CT molecular complexity index is 507. The molecule has 0 aliphatic heterocycles. The van der Waals surface area contributed by atoms with E-state index in [1.54, 1.807) is 17.0 Å². The van der Waals surface area contributed by atoms with Crippen molar-refractivity contribution in [3.05, 3.63) is 29.3 Å². The molecule has 4 nitrogen and oxygen atoms in total. The number of rotatable bonds is 3. The van der Waals surface area contributed by atoms with E-state index in [1.807, 2.05) is 32.9 Å². The molecule has 0 aromatic heterocycles. The number of ether oxygens (including phenoxy) is 1. The van der Waals surface area contributed by atoms with Gasteiger partial charge in [-0.3, -0.25) is 4.90 Å². The van der Waals surface area contributed by atoms with Gasteiger partial charge in [0.05, 0.1) is 0 Å². The van der Waals surface area contributed by atoms with Crippen LogP contribution in [0.25, 0.3) is 0 Å². The number of halogens is 1. The van der Waals surface area contributed by atoms with Crippen LogP contribution in [0, 0.1) is 0 Å². The second kappa shape index (κ2) is 5.26. The van der Waals surface area contributed by atoms with Crippen molar-refractivity contribution in [3.8, 4) is 0 Å². The summed E-state index contributed by atoms with van der Waals surface area (Å²) in [5.74, 6) is 0. The van der Waals surface area contributed by atoms with Crippen molar-refractivity contribution in [2.75, 3.05) is 11.4 Å². The van der Waals surface area contributed by atoms with Gasteiger partial charge in [-0.1, -0.05) is 17.7 Å². The van der Waals surface area contributed by atoms with Gasteiger partial charge in [-0.15, -0.1) is 0 Å². The standard InChI is InChI=1S/C15H21ClN2O2/c1-14(2,3)20-13(19)18(10-15(17)7-8-15)12-6-4-5-11(16)9-12/h4-6,9H,7-8,10,17H2,1-3H3. The van der Waals surface area contributed by atoms with Crippen LogP contribution in [-0.2, 0) is 4.74 Å². The van der Waals surface area contributed by atoms with E-state index in [-0.39, 0.29) is 5.54 Å². The highest BCUT2D eigenvalue weighted by molar-refractivity contribution is 6.30. The van der Waals surface area contributed by atoms with Crippen molar-refractivity contribution < 1.29 is 9.53 Å². The van der Waals surface area contributed by atoms with Crippen molar-refractivity contribution in [1.82, 2.24) is 0 Å². The second-order valence-corrected chi connectivity index (χ2v) is 6.85. The first-order valence-corrected chi connectivity index (χ1v) is 7.11. The number of benzene rings is 1. The average molecular weight is 297 g/mol. The maximum Gasteiger partial charge on any atom is 0.414 e. The molecule has 1 fully saturated rings. The summed E-state index contributed by atoms with van der Waals surface area (Å²) in [6.07, 6.45) is 1.45. The third-order valence-corrected chi connectivity index (χ3v) is 3.33. The minimum atomic E-state index is -0.542. The van der Waals surface area contributed by atoms with Gasteiger partial charge in [0.25, 0.3) is 0 Å². The highest BCUT2D eigenvalue weighted by atomic mass is 35.5. The smallest absolute Gasteiger partial charge is 0.414 e. The summed E-state index contributed by atoms with van der Waals surface area (Å²) in [6.45, 7) is 5.98. The van der Waals surface area contributed by atoms with Gasteiger partial charge >= 0.3 is 6.09 Å². The summed E-state index contributed by atoms with van der Waals surface area (Å²) in [4.78, 5) is 14.0. The second-order valence-electron chi connectivity index (χ2n) is 6.41. The number of carbonyl (C=O) groups excluding carboxylic acids is 1. The third kappa shape index (κ3) is 4.12. The topological polar surface area (TPSA) is 55.6 Å². The van der Waals surface area contributed by atoms with E-state index in [0.717, 1.165) is 12.8 Å². The van der Waals surface area contributed by atoms with Gasteiger partial charge in [0.2, 0.25) is 0 Å². The lowest BCUT2D eigenvalue weighted by molar-refractivity contribution is 0.0577. The molecule has 0 saturated heterocycles. The van der Waals surface area contributed by atoms with E-state index in [9.17, 15) is 4.79 Å². The lowest BCUT2D eigenvalue weighted by atomic mass is 10.2. The van der Waals surface area contributed by atoms with E-state index < -0.39 is 11.7 Å². The molecule has 0 unspecified atom stereocenters. The molecule has 5 heteroatoms. The fourth-order valence-corrected chi connectivity index (χ4v) is 2.04. The largest absolute Gasteiger partial charge is 0.443 e. The lowest BCUT2D eigenvalue weighted by Gasteiger charge is -2.29. The number of amides is 1. The van der Waals surface area contributed by atoms with E-state index in [0.29, 0.717) is 17.3 Å². The molecule has 110 valence electrons. The Labute approximate surface area is 124 Å². The molecule has 0 atom stereocenters. The first kappa shape index (κ1) is 15.1. The predicted molar refractivity (Wildman–Crippen MR) is 81.2 cm³/mol. The van der Waals surface area contributed by atoms with Crippen molar-refractivity contribution in [2.24, 2.45) is 5.73 Å². The zero-order chi connectivity index (χ0) is 15.0. The molecule has 0 heterocycles. The van der Waals surface area contributed by atoms with Crippen molar-refractivity contribution in [3.63, 3.8) is 0 Å². The molecule has 1 aromatic rings. The third-order valence-electron chi connectivity index (χ3n) is 3.10. The molecular formula is C15H21ClN2O2. The normalized spacial score (nSPS) is 16.6. The Morgan fingerprint density at radius 3 is 2.60 bits per heavy atom. The van der Waals surface area contributed by atoms with Crippen LogP contribution in [-0.4, -0.2) is 23.8 Å². The summed E-state index contributed by atoms with van der Waals surface area (Å²) < 4.78 is 5.46. The van der Waals surface area contributed by atoms with Crippen molar-refractivity contribution in [2.45, 2.75) is 44.8 Å². The summed E-state index contributed by atoms with van der Waals surface area (Å²) in [5, 5.41) is 0.581. The summed E-state index contributed by atoms with van der Waals surface area (Å²) >= 11 is 6.00. The molecule has 0 bridgehead atoms. The maximum absolute atomic E-state index is 12.4. The Morgan fingerprint density at radius 1 is 1.45 bits per heavy atom. The molecule has 1 amide bonds. The molecular weight excluding hydrogens is 276 g/mol. The van der Waals surface area contributed by atoms with Gasteiger partial charge < -0.3 is 10.5 Å². The number of nitrogens with zero attached hydrogens (tertiary/aromatic N) is 1. The number of hydrogen-bond acceptors (Lipinski definition) is 3. The predicted octanol–water partition coefficient (Wildman–Crippen LogP) is 3.57. The molecule has 1 saturated carbocycles. The molecule has 0 spiro atoms. The number of carbonyl (C=O) groups is 1. The van der Waals surface area contributed by atoms with E-state index in [2.05, 4.69) is 0 Å². The van der Waals surface area contributed by atoms with Gasteiger partial charge in [-0.2, -0.15) is 0 Å². The molecule has 2 N–H and O–H groups in total. The zero-order valence-corrected chi connectivity index (χ0v) is 12.9. The van der Waals surface area contributed by atoms with E-state index in [1.165, 1.54) is 0 Å². The minimum Gasteiger partial charge on any atom is -0.443 e.